The molecule has 0 atom stereocenters. The summed E-state index contributed by atoms with van der Waals surface area (Å²) in [7, 11) is 0. The van der Waals surface area contributed by atoms with E-state index >= 15 is 0 Å². The van der Waals surface area contributed by atoms with E-state index in [1.807, 2.05) is 0 Å². The molecule has 2 nitrogen and oxygen atoms in total. The number of hydrogen-bond donors (Lipinski definition) is 2. The number of halogens is 4. The topological polar surface area (TPSA) is 52.0 Å². The quantitative estimate of drug-likeness (QED) is 0.276. The lowest BCUT2D eigenvalue weighted by molar-refractivity contribution is 0.617. The van der Waals surface area contributed by atoms with Crippen molar-refractivity contribution in [1.82, 2.24) is 0 Å². The molecule has 0 unspecified atom stereocenters. The molecule has 3 aromatic rings. The van der Waals surface area contributed by atoms with Crippen LogP contribution in [0.4, 0.5) is 11.4 Å². The fourth-order valence-electron chi connectivity index (χ4n) is 3.52. The number of anilines is 2. The van der Waals surface area contributed by atoms with Gasteiger partial charge in [0.1, 0.15) is 0 Å². The number of nitrogen functional groups attached to an aromatic ring is 2. The highest BCUT2D eigenvalue weighted by Gasteiger charge is 2.29. The Kier molecular flexibility index (Phi) is 6.84. The predicted molar refractivity (Wildman–Crippen MR) is 143 cm³/mol. The zero-order chi connectivity index (χ0) is 22.4. The molecule has 0 radical (unpaired) electrons. The van der Waals surface area contributed by atoms with E-state index in [9.17, 15) is 0 Å². The molecule has 0 fully saturated rings. The third-order valence-electron chi connectivity index (χ3n) is 5.91. The Balaban J connectivity index is 2.09. The second kappa shape index (κ2) is 8.61. The summed E-state index contributed by atoms with van der Waals surface area (Å²) in [6, 6.07) is 17.2. The molecular formula is C24H24Br4N2. The molecule has 0 bridgehead atoms. The molecular weight excluding hydrogens is 636 g/mol. The first-order chi connectivity index (χ1) is 13.9. The van der Waals surface area contributed by atoms with Crippen molar-refractivity contribution >= 4 is 75.1 Å². The van der Waals surface area contributed by atoms with Gasteiger partial charge in [-0.3, -0.25) is 0 Å². The van der Waals surface area contributed by atoms with Gasteiger partial charge in [0.15, 0.2) is 0 Å². The molecule has 6 heteroatoms. The Hall–Kier alpha value is -0.820. The van der Waals surface area contributed by atoms with Crippen LogP contribution >= 0.6 is 63.7 Å². The first kappa shape index (κ1) is 23.8. The van der Waals surface area contributed by atoms with Crippen LogP contribution in [0.5, 0.6) is 0 Å². The van der Waals surface area contributed by atoms with Gasteiger partial charge in [-0.2, -0.15) is 0 Å². The summed E-state index contributed by atoms with van der Waals surface area (Å²) < 4.78 is 3.59. The average molecular weight is 660 g/mol. The van der Waals surface area contributed by atoms with E-state index in [2.05, 4.69) is 140 Å². The van der Waals surface area contributed by atoms with E-state index in [-0.39, 0.29) is 10.8 Å². The smallest absolute Gasteiger partial charge is 0.0603 e. The van der Waals surface area contributed by atoms with E-state index in [0.717, 1.165) is 17.9 Å². The standard InChI is InChI=1S/C24H24Br4N2/c1-23(2,15-9-17(25)21(29)18(26)10-15)13-6-5-7-14(8-13)24(3,4)16-11-19(27)22(30)20(28)12-16/h5-12H,29-30H2,1-4H3. The first-order valence-corrected chi connectivity index (χ1v) is 12.6. The van der Waals surface area contributed by atoms with Gasteiger partial charge in [0.2, 0.25) is 0 Å². The number of nitrogens with two attached hydrogens (primary N) is 2. The summed E-state index contributed by atoms with van der Waals surface area (Å²) in [5.74, 6) is 0. The lowest BCUT2D eigenvalue weighted by atomic mass is 9.73. The summed E-state index contributed by atoms with van der Waals surface area (Å²) in [5, 5.41) is 0. The molecule has 0 heterocycles. The first-order valence-electron chi connectivity index (χ1n) is 9.46. The van der Waals surface area contributed by atoms with Crippen LogP contribution < -0.4 is 11.5 Å². The van der Waals surface area contributed by atoms with E-state index in [1.165, 1.54) is 22.3 Å². The highest BCUT2D eigenvalue weighted by atomic mass is 79.9. The average Bonchev–Trinajstić information content (AvgIpc) is 2.69. The van der Waals surface area contributed by atoms with Crippen molar-refractivity contribution in [2.24, 2.45) is 0 Å². The van der Waals surface area contributed by atoms with Gasteiger partial charge in [0, 0.05) is 28.7 Å². The van der Waals surface area contributed by atoms with Crippen molar-refractivity contribution in [2.75, 3.05) is 11.5 Å². The minimum Gasteiger partial charge on any atom is -0.397 e. The van der Waals surface area contributed by atoms with Gasteiger partial charge >= 0.3 is 0 Å². The third kappa shape index (κ3) is 4.38. The molecule has 4 N–H and O–H groups in total. The van der Waals surface area contributed by atoms with Gasteiger partial charge in [-0.25, -0.2) is 0 Å². The minimum absolute atomic E-state index is 0.201. The normalized spacial score (nSPS) is 12.3. The maximum absolute atomic E-state index is 6.10. The molecule has 158 valence electrons. The molecule has 0 saturated carbocycles. The maximum Gasteiger partial charge on any atom is 0.0603 e. The third-order valence-corrected chi connectivity index (χ3v) is 8.53. The zero-order valence-electron chi connectivity index (χ0n) is 17.3. The Bertz CT molecular complexity index is 989. The SMILES string of the molecule is CC(C)(c1cccc(C(C)(C)c2cc(Br)c(N)c(Br)c2)c1)c1cc(Br)c(N)c(Br)c1. The lowest BCUT2D eigenvalue weighted by Gasteiger charge is -2.31. The van der Waals surface area contributed by atoms with Crippen molar-refractivity contribution < 1.29 is 0 Å². The fourth-order valence-corrected chi connectivity index (χ4v) is 5.89. The van der Waals surface area contributed by atoms with E-state index in [0.29, 0.717) is 11.4 Å². The van der Waals surface area contributed by atoms with Crippen LogP contribution in [0.15, 0.2) is 66.4 Å². The Morgan fingerprint density at radius 2 is 0.833 bits per heavy atom. The molecule has 0 aromatic heterocycles. The van der Waals surface area contributed by atoms with Gasteiger partial charge in [-0.1, -0.05) is 52.0 Å². The van der Waals surface area contributed by atoms with Crippen molar-refractivity contribution in [3.63, 3.8) is 0 Å². The molecule has 0 aliphatic carbocycles. The molecule has 30 heavy (non-hydrogen) atoms. The number of rotatable bonds is 4. The van der Waals surface area contributed by atoms with Gasteiger partial charge in [-0.05, 0) is 110 Å². The van der Waals surface area contributed by atoms with Crippen LogP contribution in [0, 0.1) is 0 Å². The zero-order valence-corrected chi connectivity index (χ0v) is 23.6. The van der Waals surface area contributed by atoms with Crippen LogP contribution in [-0.4, -0.2) is 0 Å². The van der Waals surface area contributed by atoms with E-state index in [1.54, 1.807) is 0 Å². The predicted octanol–water partition coefficient (Wildman–Crippen LogP) is 8.55. The van der Waals surface area contributed by atoms with Gasteiger partial charge in [-0.15, -0.1) is 0 Å². The Morgan fingerprint density at radius 3 is 1.13 bits per heavy atom. The second-order valence-electron chi connectivity index (χ2n) is 8.54. The molecule has 0 spiro atoms. The number of benzene rings is 3. The highest BCUT2D eigenvalue weighted by molar-refractivity contribution is 9.11. The van der Waals surface area contributed by atoms with Crippen LogP contribution in [0.25, 0.3) is 0 Å². The summed E-state index contributed by atoms with van der Waals surface area (Å²) in [6.45, 7) is 8.94. The maximum atomic E-state index is 6.10. The summed E-state index contributed by atoms with van der Waals surface area (Å²) in [4.78, 5) is 0. The fraction of sp³-hybridized carbons (Fsp3) is 0.250. The second-order valence-corrected chi connectivity index (χ2v) is 12.0. The lowest BCUT2D eigenvalue weighted by Crippen LogP contribution is -2.23. The number of hydrogen-bond acceptors (Lipinski definition) is 2. The Labute approximate surface area is 212 Å². The molecule has 0 aliphatic rings. The molecule has 0 saturated heterocycles. The summed E-state index contributed by atoms with van der Waals surface area (Å²) in [5.41, 5.74) is 18.1. The largest absolute Gasteiger partial charge is 0.397 e. The van der Waals surface area contributed by atoms with Crippen molar-refractivity contribution in [2.45, 2.75) is 38.5 Å². The van der Waals surface area contributed by atoms with Gasteiger partial charge < -0.3 is 11.5 Å². The van der Waals surface area contributed by atoms with Gasteiger partial charge in [0.05, 0.1) is 11.4 Å². The van der Waals surface area contributed by atoms with Crippen molar-refractivity contribution in [3.05, 3.63) is 88.7 Å². The van der Waals surface area contributed by atoms with Gasteiger partial charge in [0.25, 0.3) is 0 Å². The molecule has 0 aliphatic heterocycles. The summed E-state index contributed by atoms with van der Waals surface area (Å²) >= 11 is 14.3. The monoisotopic (exact) mass is 656 g/mol. The van der Waals surface area contributed by atoms with Crippen LogP contribution in [0.3, 0.4) is 0 Å². The van der Waals surface area contributed by atoms with E-state index in [4.69, 9.17) is 11.5 Å². The van der Waals surface area contributed by atoms with Crippen LogP contribution in [0.2, 0.25) is 0 Å². The van der Waals surface area contributed by atoms with Crippen LogP contribution in [0.1, 0.15) is 49.9 Å². The van der Waals surface area contributed by atoms with Crippen LogP contribution in [-0.2, 0) is 10.8 Å². The molecule has 0 amide bonds. The van der Waals surface area contributed by atoms with E-state index < -0.39 is 0 Å². The molecule has 3 aromatic carbocycles. The highest BCUT2D eigenvalue weighted by Crippen LogP contribution is 2.41. The molecule has 3 rings (SSSR count). The summed E-state index contributed by atoms with van der Waals surface area (Å²) in [6.07, 6.45) is 0. The van der Waals surface area contributed by atoms with Crippen molar-refractivity contribution in [3.8, 4) is 0 Å². The minimum atomic E-state index is -0.201. The Morgan fingerprint density at radius 1 is 0.533 bits per heavy atom. The van der Waals surface area contributed by atoms with Crippen molar-refractivity contribution in [1.29, 1.82) is 0 Å².